The van der Waals surface area contributed by atoms with Crippen molar-refractivity contribution in [1.82, 2.24) is 29.7 Å². The lowest BCUT2D eigenvalue weighted by molar-refractivity contribution is 0.429. The summed E-state index contributed by atoms with van der Waals surface area (Å²) in [6, 6.07) is 8.56. The Bertz CT molecular complexity index is 1130. The molecule has 1 aliphatic rings. The number of H-pyrrole nitrogens is 2. The number of anilines is 1. The largest absolute Gasteiger partial charge is 0.354 e. The highest BCUT2D eigenvalue weighted by atomic mass is 32.2. The van der Waals surface area contributed by atoms with Gasteiger partial charge in [0, 0.05) is 55.1 Å². The molecule has 0 amide bonds. The van der Waals surface area contributed by atoms with Gasteiger partial charge in [-0.3, -0.25) is 10.2 Å². The van der Waals surface area contributed by atoms with Crippen LogP contribution in [-0.2, 0) is 0 Å². The van der Waals surface area contributed by atoms with Crippen molar-refractivity contribution in [3.8, 4) is 22.4 Å². The second-order valence-corrected chi connectivity index (χ2v) is 8.16. The fraction of sp³-hybridized carbons (Fsp3) is 0.286. The molecule has 4 aromatic rings. The highest BCUT2D eigenvalue weighted by Crippen LogP contribution is 2.33. The Labute approximate surface area is 173 Å². The molecule has 0 atom stereocenters. The van der Waals surface area contributed by atoms with E-state index < -0.39 is 0 Å². The van der Waals surface area contributed by atoms with Crippen molar-refractivity contribution < 1.29 is 0 Å². The number of aromatic nitrogens is 5. The van der Waals surface area contributed by atoms with Gasteiger partial charge in [-0.05, 0) is 48.6 Å². The first-order chi connectivity index (χ1) is 14.2. The van der Waals surface area contributed by atoms with E-state index in [2.05, 4.69) is 72.0 Å². The zero-order valence-corrected chi connectivity index (χ0v) is 17.3. The van der Waals surface area contributed by atoms with E-state index in [9.17, 15) is 0 Å². The van der Waals surface area contributed by atoms with Crippen LogP contribution in [-0.4, -0.2) is 62.1 Å². The van der Waals surface area contributed by atoms with E-state index >= 15 is 0 Å². The van der Waals surface area contributed by atoms with Crippen molar-refractivity contribution in [2.24, 2.45) is 0 Å². The van der Waals surface area contributed by atoms with Gasteiger partial charge < -0.3 is 4.90 Å². The van der Waals surface area contributed by atoms with Crippen LogP contribution in [0.25, 0.3) is 33.3 Å². The molecule has 7 nitrogen and oxygen atoms in total. The van der Waals surface area contributed by atoms with Crippen LogP contribution in [0, 0.1) is 6.92 Å². The topological polar surface area (TPSA) is 76.7 Å². The van der Waals surface area contributed by atoms with Gasteiger partial charge >= 0.3 is 0 Å². The Morgan fingerprint density at radius 1 is 1.03 bits per heavy atom. The highest BCUT2D eigenvalue weighted by Gasteiger charge is 2.19. The number of fused-ring (bicyclic) bond motifs is 1. The van der Waals surface area contributed by atoms with Crippen molar-refractivity contribution in [3.05, 3.63) is 48.4 Å². The maximum Gasteiger partial charge on any atom is 0.129 e. The van der Waals surface area contributed by atoms with Gasteiger partial charge in [-0.2, -0.15) is 10.2 Å². The Kier molecular flexibility index (Phi) is 4.73. The quantitative estimate of drug-likeness (QED) is 0.504. The molecule has 8 heteroatoms. The fourth-order valence-electron chi connectivity index (χ4n) is 3.93. The summed E-state index contributed by atoms with van der Waals surface area (Å²) in [4.78, 5) is 6.99. The first-order valence-corrected chi connectivity index (χ1v) is 10.9. The molecule has 0 bridgehead atoms. The van der Waals surface area contributed by atoms with Crippen molar-refractivity contribution >= 4 is 28.7 Å². The van der Waals surface area contributed by atoms with Crippen LogP contribution in [0.15, 0.2) is 42.9 Å². The van der Waals surface area contributed by atoms with E-state index in [-0.39, 0.29) is 0 Å². The van der Waals surface area contributed by atoms with Gasteiger partial charge in [0.15, 0.2) is 0 Å². The normalized spacial score (nSPS) is 15.3. The van der Waals surface area contributed by atoms with Crippen molar-refractivity contribution in [1.29, 1.82) is 0 Å². The Hall–Kier alpha value is -2.84. The zero-order valence-electron chi connectivity index (χ0n) is 16.5. The number of rotatable bonds is 4. The predicted molar refractivity (Wildman–Crippen MR) is 119 cm³/mol. The van der Waals surface area contributed by atoms with E-state index in [0.717, 1.165) is 70.8 Å². The monoisotopic (exact) mass is 405 g/mol. The van der Waals surface area contributed by atoms with Gasteiger partial charge in [-0.15, -0.1) is 0 Å². The van der Waals surface area contributed by atoms with Crippen LogP contribution in [0.4, 0.5) is 5.82 Å². The lowest BCUT2D eigenvalue weighted by atomic mass is 10.0. The molecule has 0 saturated carbocycles. The average molecular weight is 406 g/mol. The summed E-state index contributed by atoms with van der Waals surface area (Å²) in [5.41, 5.74) is 6.48. The van der Waals surface area contributed by atoms with Gasteiger partial charge in [0.25, 0.3) is 0 Å². The molecule has 3 aromatic heterocycles. The van der Waals surface area contributed by atoms with Crippen molar-refractivity contribution in [2.45, 2.75) is 6.92 Å². The lowest BCUT2D eigenvalue weighted by Crippen LogP contribution is -2.43. The molecule has 0 spiro atoms. The molecule has 1 aromatic carbocycles. The number of piperazine rings is 1. The zero-order chi connectivity index (χ0) is 19.8. The molecule has 2 N–H and O–H groups in total. The van der Waals surface area contributed by atoms with Gasteiger partial charge in [0.05, 0.1) is 17.4 Å². The average Bonchev–Trinajstić information content (AvgIpc) is 3.44. The minimum absolute atomic E-state index is 0.991. The summed E-state index contributed by atoms with van der Waals surface area (Å²) in [6.45, 7) is 6.18. The van der Waals surface area contributed by atoms with Crippen molar-refractivity contribution in [3.63, 3.8) is 0 Å². The molecule has 29 heavy (non-hydrogen) atoms. The minimum atomic E-state index is 0.991. The highest BCUT2D eigenvalue weighted by molar-refractivity contribution is 7.96. The molecular weight excluding hydrogens is 382 g/mol. The molecule has 1 fully saturated rings. The minimum Gasteiger partial charge on any atom is -0.354 e. The third-order valence-corrected chi connectivity index (χ3v) is 6.42. The standard InChI is InChI=1S/C21H23N7S/c1-14-9-16(17-12-23-24-13-17)10-18-20(14)25-26-21(18)15-3-4-22-19(11-15)27-5-7-28(29-2)8-6-27/h3-4,9-13H,5-8H2,1-2H3,(H,23,24)(H,25,26). The Balaban J connectivity index is 1.53. The van der Waals surface area contributed by atoms with E-state index in [0.29, 0.717) is 0 Å². The first-order valence-electron chi connectivity index (χ1n) is 9.71. The van der Waals surface area contributed by atoms with E-state index in [1.165, 1.54) is 0 Å². The number of nitrogens with zero attached hydrogens (tertiary/aromatic N) is 5. The molecule has 5 rings (SSSR count). The second-order valence-electron chi connectivity index (χ2n) is 7.28. The summed E-state index contributed by atoms with van der Waals surface area (Å²) < 4.78 is 2.39. The molecule has 0 radical (unpaired) electrons. The molecule has 4 heterocycles. The summed E-state index contributed by atoms with van der Waals surface area (Å²) in [7, 11) is 0. The molecular formula is C21H23N7S. The maximum absolute atomic E-state index is 4.63. The third kappa shape index (κ3) is 3.38. The number of hydrogen-bond donors (Lipinski definition) is 2. The Morgan fingerprint density at radius 2 is 1.90 bits per heavy atom. The van der Waals surface area contributed by atoms with E-state index in [1.54, 1.807) is 0 Å². The summed E-state index contributed by atoms with van der Waals surface area (Å²) >= 11 is 1.81. The summed E-state index contributed by atoms with van der Waals surface area (Å²) in [5.74, 6) is 1.02. The van der Waals surface area contributed by atoms with Crippen LogP contribution in [0.1, 0.15) is 5.56 Å². The van der Waals surface area contributed by atoms with E-state index in [4.69, 9.17) is 0 Å². The van der Waals surface area contributed by atoms with Crippen LogP contribution in [0.5, 0.6) is 0 Å². The first kappa shape index (κ1) is 18.2. The Morgan fingerprint density at radius 3 is 2.66 bits per heavy atom. The second kappa shape index (κ2) is 7.53. The smallest absolute Gasteiger partial charge is 0.129 e. The maximum atomic E-state index is 4.63. The number of aromatic amines is 2. The van der Waals surface area contributed by atoms with Gasteiger partial charge in [-0.1, -0.05) is 11.9 Å². The van der Waals surface area contributed by atoms with Gasteiger partial charge in [0.1, 0.15) is 5.82 Å². The third-order valence-electron chi connectivity index (χ3n) is 5.54. The SMILES string of the molecule is CSN1CCN(c2cc(-c3[nH]nc4c(C)cc(-c5cn[nH]c5)cc34)ccn2)CC1. The van der Waals surface area contributed by atoms with Crippen molar-refractivity contribution in [2.75, 3.05) is 37.3 Å². The van der Waals surface area contributed by atoms with Crippen LogP contribution in [0.3, 0.4) is 0 Å². The summed E-state index contributed by atoms with van der Waals surface area (Å²) in [5, 5.41) is 15.9. The van der Waals surface area contributed by atoms with Gasteiger partial charge in [0.2, 0.25) is 0 Å². The molecule has 148 valence electrons. The van der Waals surface area contributed by atoms with Crippen LogP contribution in [0.2, 0.25) is 0 Å². The van der Waals surface area contributed by atoms with Gasteiger partial charge in [-0.25, -0.2) is 9.29 Å². The number of pyridine rings is 1. The molecule has 1 aliphatic heterocycles. The summed E-state index contributed by atoms with van der Waals surface area (Å²) in [6.07, 6.45) is 7.79. The predicted octanol–water partition coefficient (Wildman–Crippen LogP) is 3.72. The molecule has 1 saturated heterocycles. The van der Waals surface area contributed by atoms with E-state index in [1.807, 2.05) is 30.5 Å². The lowest BCUT2D eigenvalue weighted by Gasteiger charge is -2.34. The molecule has 0 unspecified atom stereocenters. The fourth-order valence-corrected chi connectivity index (χ4v) is 4.46. The number of hydrogen-bond acceptors (Lipinski definition) is 6. The molecule has 0 aliphatic carbocycles. The number of nitrogens with one attached hydrogen (secondary N) is 2. The number of benzene rings is 1. The number of aryl methyl sites for hydroxylation is 1. The van der Waals surface area contributed by atoms with Crippen LogP contribution < -0.4 is 4.90 Å². The van der Waals surface area contributed by atoms with Crippen LogP contribution >= 0.6 is 11.9 Å².